The number of carboxylic acid groups (broad SMARTS) is 1. The summed E-state index contributed by atoms with van der Waals surface area (Å²) in [6.45, 7) is 6.22. The van der Waals surface area contributed by atoms with Crippen molar-refractivity contribution in [3.05, 3.63) is 59.7 Å². The predicted molar refractivity (Wildman–Crippen MR) is 94.6 cm³/mol. The van der Waals surface area contributed by atoms with Gasteiger partial charge >= 0.3 is 5.97 Å². The first-order valence-corrected chi connectivity index (χ1v) is 7.61. The van der Waals surface area contributed by atoms with E-state index in [2.05, 4.69) is 41.4 Å². The SMILES string of the molecule is CCN(CC)c1ccc(/C=N/Nc2cccc(C(=O)O)c2)cc1. The Balaban J connectivity index is 2.00. The van der Waals surface area contributed by atoms with Crippen molar-refractivity contribution in [2.75, 3.05) is 23.4 Å². The van der Waals surface area contributed by atoms with Crippen LogP contribution in [0.25, 0.3) is 0 Å². The first-order valence-electron chi connectivity index (χ1n) is 7.61. The molecule has 0 aliphatic carbocycles. The van der Waals surface area contributed by atoms with Gasteiger partial charge in [0, 0.05) is 18.8 Å². The molecule has 2 N–H and O–H groups in total. The van der Waals surface area contributed by atoms with Gasteiger partial charge in [-0.1, -0.05) is 18.2 Å². The first kappa shape index (κ1) is 16.5. The highest BCUT2D eigenvalue weighted by molar-refractivity contribution is 5.89. The summed E-state index contributed by atoms with van der Waals surface area (Å²) in [5.41, 5.74) is 5.88. The number of hydrazone groups is 1. The fourth-order valence-corrected chi connectivity index (χ4v) is 2.26. The van der Waals surface area contributed by atoms with Gasteiger partial charge in [0.25, 0.3) is 0 Å². The Labute approximate surface area is 136 Å². The summed E-state index contributed by atoms with van der Waals surface area (Å²) >= 11 is 0. The maximum Gasteiger partial charge on any atom is 0.335 e. The van der Waals surface area contributed by atoms with E-state index in [0.717, 1.165) is 18.7 Å². The number of carbonyl (C=O) groups is 1. The number of aromatic carboxylic acids is 1. The van der Waals surface area contributed by atoms with E-state index in [-0.39, 0.29) is 5.56 Å². The van der Waals surface area contributed by atoms with Crippen molar-refractivity contribution in [1.29, 1.82) is 0 Å². The maximum atomic E-state index is 10.9. The van der Waals surface area contributed by atoms with E-state index in [1.807, 2.05) is 12.1 Å². The molecular formula is C18H21N3O2. The van der Waals surface area contributed by atoms with Crippen molar-refractivity contribution in [3.8, 4) is 0 Å². The summed E-state index contributed by atoms with van der Waals surface area (Å²) in [6.07, 6.45) is 1.71. The number of nitrogens with one attached hydrogen (secondary N) is 1. The third-order valence-corrected chi connectivity index (χ3v) is 3.54. The molecule has 5 nitrogen and oxygen atoms in total. The lowest BCUT2D eigenvalue weighted by atomic mass is 10.2. The molecular weight excluding hydrogens is 290 g/mol. The number of benzene rings is 2. The van der Waals surface area contributed by atoms with E-state index in [4.69, 9.17) is 5.11 Å². The average Bonchev–Trinajstić information content (AvgIpc) is 2.57. The van der Waals surface area contributed by atoms with Crippen molar-refractivity contribution in [2.24, 2.45) is 5.10 Å². The third-order valence-electron chi connectivity index (χ3n) is 3.54. The molecule has 120 valence electrons. The molecule has 0 aromatic heterocycles. The van der Waals surface area contributed by atoms with Gasteiger partial charge in [0.1, 0.15) is 0 Å². The smallest absolute Gasteiger partial charge is 0.335 e. The topological polar surface area (TPSA) is 64.9 Å². The van der Waals surface area contributed by atoms with Crippen LogP contribution < -0.4 is 10.3 Å². The average molecular weight is 311 g/mol. The molecule has 2 aromatic rings. The summed E-state index contributed by atoms with van der Waals surface area (Å²) in [7, 11) is 0. The Morgan fingerprint density at radius 1 is 1.17 bits per heavy atom. The van der Waals surface area contributed by atoms with Gasteiger partial charge in [-0.2, -0.15) is 5.10 Å². The second-order valence-corrected chi connectivity index (χ2v) is 5.02. The lowest BCUT2D eigenvalue weighted by Gasteiger charge is -2.20. The van der Waals surface area contributed by atoms with Crippen molar-refractivity contribution in [3.63, 3.8) is 0 Å². The number of hydrogen-bond acceptors (Lipinski definition) is 4. The molecule has 0 spiro atoms. The van der Waals surface area contributed by atoms with E-state index >= 15 is 0 Å². The van der Waals surface area contributed by atoms with Gasteiger partial charge in [-0.05, 0) is 49.7 Å². The monoisotopic (exact) mass is 311 g/mol. The summed E-state index contributed by atoms with van der Waals surface area (Å²) in [5.74, 6) is -0.954. The molecule has 2 aromatic carbocycles. The number of hydrogen-bond donors (Lipinski definition) is 2. The van der Waals surface area contributed by atoms with Gasteiger partial charge in [-0.15, -0.1) is 0 Å². The van der Waals surface area contributed by atoms with Gasteiger partial charge < -0.3 is 10.0 Å². The Hall–Kier alpha value is -2.82. The van der Waals surface area contributed by atoms with E-state index in [1.165, 1.54) is 5.69 Å². The van der Waals surface area contributed by atoms with Crippen LogP contribution in [0.5, 0.6) is 0 Å². The molecule has 0 aliphatic heterocycles. The molecule has 0 aliphatic rings. The second-order valence-electron chi connectivity index (χ2n) is 5.02. The number of carboxylic acids is 1. The van der Waals surface area contributed by atoms with E-state index < -0.39 is 5.97 Å². The highest BCUT2D eigenvalue weighted by Crippen LogP contribution is 2.14. The summed E-state index contributed by atoms with van der Waals surface area (Å²) in [4.78, 5) is 13.2. The molecule has 0 saturated carbocycles. The number of anilines is 2. The third kappa shape index (κ3) is 4.57. The highest BCUT2D eigenvalue weighted by Gasteiger charge is 2.02. The Bertz CT molecular complexity index is 677. The molecule has 0 unspecified atom stereocenters. The molecule has 0 heterocycles. The van der Waals surface area contributed by atoms with Crippen molar-refractivity contribution in [1.82, 2.24) is 0 Å². The molecule has 0 fully saturated rings. The molecule has 0 atom stereocenters. The van der Waals surface area contributed by atoms with Gasteiger partial charge in [0.2, 0.25) is 0 Å². The summed E-state index contributed by atoms with van der Waals surface area (Å²) in [5, 5.41) is 13.1. The molecule has 0 bridgehead atoms. The zero-order valence-corrected chi connectivity index (χ0v) is 13.4. The van der Waals surface area contributed by atoms with Crippen molar-refractivity contribution in [2.45, 2.75) is 13.8 Å². The summed E-state index contributed by atoms with van der Waals surface area (Å²) < 4.78 is 0. The van der Waals surface area contributed by atoms with Crippen LogP contribution in [0.15, 0.2) is 53.6 Å². The van der Waals surface area contributed by atoms with Crippen LogP contribution in [-0.4, -0.2) is 30.4 Å². The first-order chi connectivity index (χ1) is 11.1. The lowest BCUT2D eigenvalue weighted by molar-refractivity contribution is 0.0697. The minimum absolute atomic E-state index is 0.230. The van der Waals surface area contributed by atoms with Crippen LogP contribution in [0.4, 0.5) is 11.4 Å². The van der Waals surface area contributed by atoms with Crippen LogP contribution in [0.1, 0.15) is 29.8 Å². The number of nitrogens with zero attached hydrogens (tertiary/aromatic N) is 2. The predicted octanol–water partition coefficient (Wildman–Crippen LogP) is 3.68. The normalized spacial score (nSPS) is 10.7. The zero-order chi connectivity index (χ0) is 16.7. The van der Waals surface area contributed by atoms with Crippen LogP contribution in [0.3, 0.4) is 0 Å². The molecule has 0 radical (unpaired) electrons. The van der Waals surface area contributed by atoms with Gasteiger partial charge in [-0.3, -0.25) is 5.43 Å². The van der Waals surface area contributed by atoms with Crippen LogP contribution in [0, 0.1) is 0 Å². The highest BCUT2D eigenvalue weighted by atomic mass is 16.4. The molecule has 5 heteroatoms. The minimum Gasteiger partial charge on any atom is -0.478 e. The fraction of sp³-hybridized carbons (Fsp3) is 0.222. The number of rotatable bonds is 7. The Kier molecular flexibility index (Phi) is 5.74. The van der Waals surface area contributed by atoms with Crippen molar-refractivity contribution >= 4 is 23.6 Å². The van der Waals surface area contributed by atoms with Gasteiger partial charge in [0.15, 0.2) is 0 Å². The van der Waals surface area contributed by atoms with Crippen LogP contribution in [-0.2, 0) is 0 Å². The Morgan fingerprint density at radius 3 is 2.48 bits per heavy atom. The van der Waals surface area contributed by atoms with Crippen LogP contribution in [0.2, 0.25) is 0 Å². The minimum atomic E-state index is -0.954. The molecule has 0 saturated heterocycles. The quantitative estimate of drug-likeness (QED) is 0.605. The Morgan fingerprint density at radius 2 is 1.87 bits per heavy atom. The van der Waals surface area contributed by atoms with E-state index in [9.17, 15) is 4.79 Å². The maximum absolute atomic E-state index is 10.9. The molecule has 23 heavy (non-hydrogen) atoms. The van der Waals surface area contributed by atoms with E-state index in [0.29, 0.717) is 5.69 Å². The standard InChI is InChI=1S/C18H21N3O2/c1-3-21(4-2)17-10-8-14(9-11-17)13-19-20-16-7-5-6-15(12-16)18(22)23/h5-13,20H,3-4H2,1-2H3,(H,22,23)/b19-13+. The molecule has 2 rings (SSSR count). The lowest BCUT2D eigenvalue weighted by Crippen LogP contribution is -2.21. The summed E-state index contributed by atoms with van der Waals surface area (Å²) in [6, 6.07) is 14.7. The van der Waals surface area contributed by atoms with Gasteiger partial charge in [-0.25, -0.2) is 4.79 Å². The van der Waals surface area contributed by atoms with Gasteiger partial charge in [0.05, 0.1) is 17.5 Å². The second kappa shape index (κ2) is 7.98. The zero-order valence-electron chi connectivity index (χ0n) is 13.4. The fourth-order valence-electron chi connectivity index (χ4n) is 2.26. The van der Waals surface area contributed by atoms with E-state index in [1.54, 1.807) is 30.5 Å². The largest absolute Gasteiger partial charge is 0.478 e. The molecule has 0 amide bonds. The van der Waals surface area contributed by atoms with Crippen molar-refractivity contribution < 1.29 is 9.90 Å². The van der Waals surface area contributed by atoms with Crippen LogP contribution >= 0.6 is 0 Å².